The predicted molar refractivity (Wildman–Crippen MR) is 74.1 cm³/mol. The van der Waals surface area contributed by atoms with Gasteiger partial charge in [0, 0.05) is 20.1 Å². The fourth-order valence-corrected chi connectivity index (χ4v) is 0.980. The highest BCUT2D eigenvalue weighted by atomic mass is 16.8. The van der Waals surface area contributed by atoms with Gasteiger partial charge in [-0.3, -0.25) is 0 Å². The maximum Gasteiger partial charge on any atom is 0.456 e. The molecule has 0 amide bonds. The lowest BCUT2D eigenvalue weighted by Gasteiger charge is -2.31. The van der Waals surface area contributed by atoms with Gasteiger partial charge in [0.25, 0.3) is 0 Å². The molecule has 0 bridgehead atoms. The van der Waals surface area contributed by atoms with Gasteiger partial charge in [-0.2, -0.15) is 0 Å². The Bertz CT molecular complexity index is 205. The molecule has 0 aromatic heterocycles. The van der Waals surface area contributed by atoms with Crippen molar-refractivity contribution in [1.29, 1.82) is 0 Å². The van der Waals surface area contributed by atoms with E-state index in [2.05, 4.69) is 13.8 Å². The van der Waals surface area contributed by atoms with E-state index in [1.165, 1.54) is 6.82 Å². The highest BCUT2D eigenvalue weighted by Crippen LogP contribution is 2.20. The zero-order valence-electron chi connectivity index (χ0n) is 11.9. The molecular formula is C9H25B3O6. The van der Waals surface area contributed by atoms with E-state index in [1.807, 2.05) is 13.6 Å². The van der Waals surface area contributed by atoms with E-state index in [1.54, 1.807) is 0 Å². The van der Waals surface area contributed by atoms with E-state index in [-0.39, 0.29) is 21.1 Å². The molecule has 0 saturated carbocycles. The van der Waals surface area contributed by atoms with E-state index in [0.717, 1.165) is 13.2 Å². The maximum atomic E-state index is 7.61. The molecule has 18 heavy (non-hydrogen) atoms. The first-order chi connectivity index (χ1) is 8.23. The average Bonchev–Trinajstić information content (AvgIpc) is 2.20. The quantitative estimate of drug-likeness (QED) is 0.623. The van der Waals surface area contributed by atoms with Crippen LogP contribution in [-0.2, 0) is 18.6 Å². The lowest BCUT2D eigenvalue weighted by atomic mass is 9.86. The van der Waals surface area contributed by atoms with Crippen LogP contribution < -0.4 is 0 Å². The summed E-state index contributed by atoms with van der Waals surface area (Å²) in [6, 6.07) is 0. The molecular weight excluding hydrogens is 237 g/mol. The van der Waals surface area contributed by atoms with Gasteiger partial charge in [-0.05, 0) is 20.5 Å². The fraction of sp³-hybridized carbons (Fsp3) is 1.00. The number of rotatable bonds is 0. The van der Waals surface area contributed by atoms with Crippen molar-refractivity contribution in [2.75, 3.05) is 20.0 Å². The van der Waals surface area contributed by atoms with Crippen LogP contribution in [0.5, 0.6) is 0 Å². The zero-order chi connectivity index (χ0) is 14.2. The van der Waals surface area contributed by atoms with Crippen LogP contribution in [0.4, 0.5) is 0 Å². The molecule has 2 aliphatic rings. The second-order valence-corrected chi connectivity index (χ2v) is 5.00. The first-order valence-corrected chi connectivity index (χ1v) is 6.05. The predicted octanol–water partition coefficient (Wildman–Crippen LogP) is 0.621. The summed E-state index contributed by atoms with van der Waals surface area (Å²) in [5, 5.41) is 15.2. The Labute approximate surface area is 112 Å². The Morgan fingerprint density at radius 1 is 1.00 bits per heavy atom. The summed E-state index contributed by atoms with van der Waals surface area (Å²) in [6.45, 7) is 11.5. The molecule has 0 aliphatic carbocycles. The molecule has 0 spiro atoms. The first kappa shape index (κ1) is 18.0. The van der Waals surface area contributed by atoms with Crippen LogP contribution >= 0.6 is 0 Å². The first-order valence-electron chi connectivity index (χ1n) is 6.05. The van der Waals surface area contributed by atoms with Crippen LogP contribution in [0.3, 0.4) is 0 Å². The van der Waals surface area contributed by atoms with Crippen molar-refractivity contribution in [3.05, 3.63) is 0 Å². The summed E-state index contributed by atoms with van der Waals surface area (Å²) >= 11 is 0. The Kier molecular flexibility index (Phi) is 8.93. The third-order valence-corrected chi connectivity index (χ3v) is 2.02. The van der Waals surface area contributed by atoms with Gasteiger partial charge in [-0.1, -0.05) is 13.8 Å². The molecule has 2 saturated heterocycles. The van der Waals surface area contributed by atoms with Gasteiger partial charge in [0.2, 0.25) is 0 Å². The normalized spacial score (nSPS) is 20.8. The second kappa shape index (κ2) is 8.95. The Morgan fingerprint density at radius 2 is 1.33 bits per heavy atom. The van der Waals surface area contributed by atoms with E-state index >= 15 is 0 Å². The summed E-state index contributed by atoms with van der Waals surface area (Å²) in [5.74, 6) is 0. The topological polar surface area (TPSA) is 77.4 Å². The van der Waals surface area contributed by atoms with Crippen LogP contribution in [0.2, 0.25) is 20.5 Å². The van der Waals surface area contributed by atoms with Gasteiger partial charge in [-0.25, -0.2) is 0 Å². The molecule has 2 rings (SSSR count). The zero-order valence-corrected chi connectivity index (χ0v) is 11.9. The van der Waals surface area contributed by atoms with Crippen molar-refractivity contribution in [3.8, 4) is 0 Å². The van der Waals surface area contributed by atoms with Crippen molar-refractivity contribution in [2.45, 2.75) is 34.3 Å². The molecule has 2 heterocycles. The molecule has 2 fully saturated rings. The van der Waals surface area contributed by atoms with Crippen LogP contribution in [-0.4, -0.2) is 51.4 Å². The van der Waals surface area contributed by atoms with Crippen LogP contribution in [0.15, 0.2) is 0 Å². The van der Waals surface area contributed by atoms with Crippen molar-refractivity contribution >= 4 is 21.4 Å². The van der Waals surface area contributed by atoms with Crippen molar-refractivity contribution in [2.24, 2.45) is 5.41 Å². The Balaban J connectivity index is 0. The molecule has 0 unspecified atom stereocenters. The standard InChI is InChI=1S/C6H13BO2.C2H5BO2.CH5BO2.H2/c1-6(2)4-8-7(3)9-5-6;1-3-4-2-5-3;1-2(3)4;/h4-5H2,1-3H3;2H2,1H3;3-4H,1H3;1H. The molecule has 0 atom stereocenters. The van der Waals surface area contributed by atoms with Crippen molar-refractivity contribution < 1.29 is 30.1 Å². The number of hydrogen-bond donors (Lipinski definition) is 2. The maximum absolute atomic E-state index is 7.61. The Hall–Kier alpha value is -0.0452. The van der Waals surface area contributed by atoms with Gasteiger partial charge in [0.05, 0.1) is 0 Å². The van der Waals surface area contributed by atoms with Crippen LogP contribution in [0, 0.1) is 5.41 Å². The smallest absolute Gasteiger partial charge is 0.427 e. The van der Waals surface area contributed by atoms with Crippen molar-refractivity contribution in [3.63, 3.8) is 0 Å². The van der Waals surface area contributed by atoms with E-state index in [0.29, 0.717) is 6.79 Å². The highest BCUT2D eigenvalue weighted by molar-refractivity contribution is 6.44. The minimum absolute atomic E-state index is 0. The minimum Gasteiger partial charge on any atom is -0.427 e. The monoisotopic (exact) mass is 262 g/mol. The van der Waals surface area contributed by atoms with E-state index in [9.17, 15) is 0 Å². The fourth-order valence-electron chi connectivity index (χ4n) is 0.980. The molecule has 106 valence electrons. The lowest BCUT2D eigenvalue weighted by Crippen LogP contribution is -2.38. The van der Waals surface area contributed by atoms with Gasteiger partial charge >= 0.3 is 21.4 Å². The van der Waals surface area contributed by atoms with E-state index in [4.69, 9.17) is 28.7 Å². The largest absolute Gasteiger partial charge is 0.456 e. The minimum atomic E-state index is -1.17. The molecule has 0 aromatic carbocycles. The summed E-state index contributed by atoms with van der Waals surface area (Å²) in [4.78, 5) is 0. The van der Waals surface area contributed by atoms with Gasteiger partial charge in [0.15, 0.2) is 0 Å². The molecule has 6 nitrogen and oxygen atoms in total. The summed E-state index contributed by atoms with van der Waals surface area (Å²) < 4.78 is 20.0. The Morgan fingerprint density at radius 3 is 1.50 bits per heavy atom. The molecule has 2 aliphatic heterocycles. The molecule has 0 radical (unpaired) electrons. The second-order valence-electron chi connectivity index (χ2n) is 5.00. The summed E-state index contributed by atoms with van der Waals surface area (Å²) in [5.41, 5.74) is 0.215. The third kappa shape index (κ3) is 11.1. The van der Waals surface area contributed by atoms with Gasteiger partial charge < -0.3 is 28.7 Å². The highest BCUT2D eigenvalue weighted by Gasteiger charge is 2.28. The average molecular weight is 262 g/mol. The molecule has 0 aromatic rings. The summed E-state index contributed by atoms with van der Waals surface area (Å²) in [6.07, 6.45) is 0. The van der Waals surface area contributed by atoms with E-state index < -0.39 is 7.12 Å². The molecule has 9 heteroatoms. The van der Waals surface area contributed by atoms with Crippen molar-refractivity contribution in [1.82, 2.24) is 0 Å². The van der Waals surface area contributed by atoms with Gasteiger partial charge in [-0.15, -0.1) is 0 Å². The third-order valence-electron chi connectivity index (χ3n) is 2.02. The number of hydrogen-bond acceptors (Lipinski definition) is 6. The SMILES string of the molecule is CB(O)O.CB1OCC(C)(C)CO1.CB1OCO1.[HH]. The lowest BCUT2D eigenvalue weighted by molar-refractivity contribution is -0.00865. The van der Waals surface area contributed by atoms with Crippen LogP contribution in [0.1, 0.15) is 15.3 Å². The molecule has 2 N–H and O–H groups in total. The summed E-state index contributed by atoms with van der Waals surface area (Å²) in [7, 11) is -1.10. The van der Waals surface area contributed by atoms with Gasteiger partial charge in [0.1, 0.15) is 6.79 Å². The van der Waals surface area contributed by atoms with Crippen LogP contribution in [0.25, 0.3) is 0 Å².